The van der Waals surface area contributed by atoms with Crippen molar-refractivity contribution in [1.82, 2.24) is 19.6 Å². The summed E-state index contributed by atoms with van der Waals surface area (Å²) in [5.74, 6) is 0. The van der Waals surface area contributed by atoms with Crippen LogP contribution in [-0.4, -0.2) is 64.9 Å². The van der Waals surface area contributed by atoms with E-state index in [0.717, 1.165) is 25.9 Å². The fraction of sp³-hybridized carbons (Fsp3) is 0.800. The van der Waals surface area contributed by atoms with E-state index in [9.17, 15) is 0 Å². The van der Waals surface area contributed by atoms with Gasteiger partial charge >= 0.3 is 0 Å². The van der Waals surface area contributed by atoms with E-state index in [1.54, 1.807) is 0 Å². The Morgan fingerprint density at radius 3 is 2.60 bits per heavy atom. The van der Waals surface area contributed by atoms with Crippen molar-refractivity contribution in [1.29, 1.82) is 0 Å². The molecule has 114 valence electrons. The smallest absolute Gasteiger partial charge is 0.0492 e. The molecule has 1 aliphatic heterocycles. The monoisotopic (exact) mass is 279 g/mol. The lowest BCUT2D eigenvalue weighted by Gasteiger charge is -2.39. The van der Waals surface area contributed by atoms with Gasteiger partial charge in [-0.15, -0.1) is 0 Å². The fourth-order valence-electron chi connectivity index (χ4n) is 3.11. The molecule has 0 amide bonds. The molecule has 1 aliphatic rings. The third kappa shape index (κ3) is 4.04. The van der Waals surface area contributed by atoms with E-state index < -0.39 is 0 Å². The largest absolute Gasteiger partial charge is 0.330 e. The Bertz CT molecular complexity index is 381. The zero-order chi connectivity index (χ0) is 14.4. The first kappa shape index (κ1) is 15.5. The Balaban J connectivity index is 1.72. The molecule has 0 spiro atoms. The molecule has 2 heterocycles. The third-order valence-electron chi connectivity index (χ3n) is 4.50. The highest BCUT2D eigenvalue weighted by Gasteiger charge is 2.22. The van der Waals surface area contributed by atoms with Crippen LogP contribution in [0.4, 0.5) is 0 Å². The van der Waals surface area contributed by atoms with E-state index in [0.29, 0.717) is 6.04 Å². The summed E-state index contributed by atoms with van der Waals surface area (Å²) < 4.78 is 1.98. The Labute approximate surface area is 122 Å². The molecule has 1 aromatic heterocycles. The van der Waals surface area contributed by atoms with Gasteiger partial charge in [0, 0.05) is 64.1 Å². The summed E-state index contributed by atoms with van der Waals surface area (Å²) in [5.41, 5.74) is 7.03. The second-order valence-electron chi connectivity index (χ2n) is 5.71. The van der Waals surface area contributed by atoms with Crippen LogP contribution in [0, 0.1) is 0 Å². The summed E-state index contributed by atoms with van der Waals surface area (Å²) in [6, 6.07) is 2.80. The Morgan fingerprint density at radius 2 is 2.05 bits per heavy atom. The molecule has 0 aliphatic carbocycles. The van der Waals surface area contributed by atoms with E-state index in [-0.39, 0.29) is 0 Å². The molecule has 1 aromatic rings. The second kappa shape index (κ2) is 7.76. The quantitative estimate of drug-likeness (QED) is 0.798. The van der Waals surface area contributed by atoms with Crippen molar-refractivity contribution >= 4 is 0 Å². The van der Waals surface area contributed by atoms with Gasteiger partial charge in [-0.3, -0.25) is 9.58 Å². The highest BCUT2D eigenvalue weighted by molar-refractivity contribution is 5.00. The number of nitrogens with zero attached hydrogens (tertiary/aromatic N) is 4. The highest BCUT2D eigenvalue weighted by Crippen LogP contribution is 2.12. The Kier molecular flexibility index (Phi) is 6.01. The van der Waals surface area contributed by atoms with Gasteiger partial charge in [0.25, 0.3) is 0 Å². The molecule has 0 saturated carbocycles. The van der Waals surface area contributed by atoms with Crippen LogP contribution in [0.15, 0.2) is 12.3 Å². The lowest BCUT2D eigenvalue weighted by molar-refractivity contribution is 0.0915. The summed E-state index contributed by atoms with van der Waals surface area (Å²) in [7, 11) is 2.02. The molecule has 1 saturated heterocycles. The number of nitrogens with two attached hydrogens (primary N) is 1. The standard InChI is InChI=1S/C15H29N5/c1-3-14(4-7-16)20-12-10-19(11-13-20)9-6-15-5-8-17-18(15)2/h5,8,14H,3-4,6-7,9-13,16H2,1-2H3. The van der Waals surface area contributed by atoms with Crippen LogP contribution in [-0.2, 0) is 13.5 Å². The molecule has 0 radical (unpaired) electrons. The molecule has 0 aromatic carbocycles. The van der Waals surface area contributed by atoms with Gasteiger partial charge in [0.05, 0.1) is 0 Å². The van der Waals surface area contributed by atoms with Crippen molar-refractivity contribution in [3.05, 3.63) is 18.0 Å². The molecule has 2 rings (SSSR count). The van der Waals surface area contributed by atoms with Gasteiger partial charge in [-0.1, -0.05) is 6.92 Å². The Morgan fingerprint density at radius 1 is 1.30 bits per heavy atom. The maximum absolute atomic E-state index is 5.71. The average molecular weight is 279 g/mol. The zero-order valence-corrected chi connectivity index (χ0v) is 13.0. The molecule has 5 heteroatoms. The lowest BCUT2D eigenvalue weighted by atomic mass is 10.1. The molecule has 1 fully saturated rings. The number of piperazine rings is 1. The SMILES string of the molecule is CCC(CCN)N1CCN(CCc2ccnn2C)CC1. The summed E-state index contributed by atoms with van der Waals surface area (Å²) >= 11 is 0. The minimum Gasteiger partial charge on any atom is -0.330 e. The van der Waals surface area contributed by atoms with Crippen molar-refractivity contribution in [2.24, 2.45) is 12.8 Å². The third-order valence-corrected chi connectivity index (χ3v) is 4.50. The summed E-state index contributed by atoms with van der Waals surface area (Å²) in [6.45, 7) is 8.95. The number of aryl methyl sites for hydroxylation is 1. The van der Waals surface area contributed by atoms with Crippen LogP contribution < -0.4 is 5.73 Å². The van der Waals surface area contributed by atoms with Crippen LogP contribution >= 0.6 is 0 Å². The molecular formula is C15H29N5. The molecule has 2 N–H and O–H groups in total. The number of rotatable bonds is 7. The van der Waals surface area contributed by atoms with E-state index in [1.165, 1.54) is 38.3 Å². The van der Waals surface area contributed by atoms with Gasteiger partial charge in [0.15, 0.2) is 0 Å². The number of hydrogen-bond acceptors (Lipinski definition) is 4. The van der Waals surface area contributed by atoms with Gasteiger partial charge < -0.3 is 10.6 Å². The molecule has 5 nitrogen and oxygen atoms in total. The average Bonchev–Trinajstić information content (AvgIpc) is 2.89. The predicted molar refractivity (Wildman–Crippen MR) is 82.7 cm³/mol. The Hall–Kier alpha value is -0.910. The fourth-order valence-corrected chi connectivity index (χ4v) is 3.11. The first-order valence-corrected chi connectivity index (χ1v) is 7.88. The highest BCUT2D eigenvalue weighted by atomic mass is 15.3. The molecule has 20 heavy (non-hydrogen) atoms. The van der Waals surface area contributed by atoms with Crippen LogP contribution in [0.3, 0.4) is 0 Å². The van der Waals surface area contributed by atoms with Gasteiger partial charge in [-0.25, -0.2) is 0 Å². The molecule has 1 atom stereocenters. The van der Waals surface area contributed by atoms with E-state index in [2.05, 4.69) is 27.9 Å². The van der Waals surface area contributed by atoms with Crippen LogP contribution in [0.1, 0.15) is 25.5 Å². The summed E-state index contributed by atoms with van der Waals surface area (Å²) in [4.78, 5) is 5.19. The van der Waals surface area contributed by atoms with Gasteiger partial charge in [0.1, 0.15) is 0 Å². The normalized spacial score (nSPS) is 19.4. The minimum atomic E-state index is 0.680. The van der Waals surface area contributed by atoms with Crippen molar-refractivity contribution in [3.63, 3.8) is 0 Å². The van der Waals surface area contributed by atoms with Crippen LogP contribution in [0.5, 0.6) is 0 Å². The number of hydrogen-bond donors (Lipinski definition) is 1. The maximum atomic E-state index is 5.71. The minimum absolute atomic E-state index is 0.680. The summed E-state index contributed by atoms with van der Waals surface area (Å²) in [5, 5.41) is 4.23. The molecule has 0 bridgehead atoms. The second-order valence-corrected chi connectivity index (χ2v) is 5.71. The first-order chi connectivity index (χ1) is 9.74. The van der Waals surface area contributed by atoms with Gasteiger partial charge in [-0.05, 0) is 25.5 Å². The topological polar surface area (TPSA) is 50.3 Å². The van der Waals surface area contributed by atoms with Crippen LogP contribution in [0.2, 0.25) is 0 Å². The van der Waals surface area contributed by atoms with Crippen molar-refractivity contribution < 1.29 is 0 Å². The predicted octanol–water partition coefficient (Wildman–Crippen LogP) is 0.708. The zero-order valence-electron chi connectivity index (χ0n) is 13.0. The van der Waals surface area contributed by atoms with Gasteiger partial charge in [0.2, 0.25) is 0 Å². The van der Waals surface area contributed by atoms with E-state index in [4.69, 9.17) is 5.73 Å². The van der Waals surface area contributed by atoms with Crippen molar-refractivity contribution in [2.75, 3.05) is 39.3 Å². The summed E-state index contributed by atoms with van der Waals surface area (Å²) in [6.07, 6.45) is 5.32. The molecule has 1 unspecified atom stereocenters. The van der Waals surface area contributed by atoms with E-state index >= 15 is 0 Å². The first-order valence-electron chi connectivity index (χ1n) is 7.88. The van der Waals surface area contributed by atoms with Gasteiger partial charge in [-0.2, -0.15) is 5.10 Å². The van der Waals surface area contributed by atoms with Crippen molar-refractivity contribution in [2.45, 2.75) is 32.2 Å². The van der Waals surface area contributed by atoms with Crippen LogP contribution in [0.25, 0.3) is 0 Å². The molecular weight excluding hydrogens is 250 g/mol. The van der Waals surface area contributed by atoms with Crippen molar-refractivity contribution in [3.8, 4) is 0 Å². The maximum Gasteiger partial charge on any atom is 0.0492 e. The lowest BCUT2D eigenvalue weighted by Crippen LogP contribution is -2.51. The number of aromatic nitrogens is 2. The van der Waals surface area contributed by atoms with E-state index in [1.807, 2.05) is 17.9 Å².